The van der Waals surface area contributed by atoms with Crippen molar-refractivity contribution in [2.75, 3.05) is 26.4 Å². The summed E-state index contributed by atoms with van der Waals surface area (Å²) in [4.78, 5) is 34.5. The van der Waals surface area contributed by atoms with Crippen molar-refractivity contribution in [3.8, 4) is 0 Å². The number of amides is 3. The zero-order valence-corrected chi connectivity index (χ0v) is 12.3. The lowest BCUT2D eigenvalue weighted by Gasteiger charge is -2.20. The number of rotatable bonds is 9. The van der Waals surface area contributed by atoms with Gasteiger partial charge in [0.25, 0.3) is 0 Å². The first-order chi connectivity index (χ1) is 9.90. The lowest BCUT2D eigenvalue weighted by Crippen LogP contribution is -2.50. The zero-order valence-electron chi connectivity index (χ0n) is 12.3. The van der Waals surface area contributed by atoms with Gasteiger partial charge in [0, 0.05) is 6.54 Å². The molecule has 0 aromatic heterocycles. The molecule has 0 rings (SSSR count). The minimum Gasteiger partial charge on any atom is -0.434 e. The molecule has 6 N–H and O–H groups in total. The van der Waals surface area contributed by atoms with Crippen LogP contribution in [0.1, 0.15) is 20.3 Å². The summed E-state index contributed by atoms with van der Waals surface area (Å²) in [5.74, 6) is -0.713. The minimum atomic E-state index is -0.808. The highest BCUT2D eigenvalue weighted by atomic mass is 16.6. The topological polar surface area (TPSA) is 143 Å². The monoisotopic (exact) mass is 304 g/mol. The minimum absolute atomic E-state index is 0.115. The number of nitrogens with two attached hydrogens (primary N) is 1. The van der Waals surface area contributed by atoms with Crippen LogP contribution in [-0.4, -0.2) is 55.5 Å². The largest absolute Gasteiger partial charge is 0.434 e. The van der Waals surface area contributed by atoms with E-state index in [0.29, 0.717) is 6.42 Å². The molecule has 0 radical (unpaired) electrons. The van der Waals surface area contributed by atoms with Crippen LogP contribution in [-0.2, 0) is 14.3 Å². The number of hydrogen-bond acceptors (Lipinski definition) is 6. The maximum Gasteiger partial charge on any atom is 0.408 e. The van der Waals surface area contributed by atoms with Crippen LogP contribution in [0.25, 0.3) is 0 Å². The number of aliphatic hydroxyl groups excluding tert-OH is 1. The Balaban J connectivity index is 4.34. The van der Waals surface area contributed by atoms with Gasteiger partial charge in [-0.2, -0.15) is 0 Å². The van der Waals surface area contributed by atoms with Gasteiger partial charge in [0.1, 0.15) is 19.3 Å². The van der Waals surface area contributed by atoms with Gasteiger partial charge in [0.2, 0.25) is 11.8 Å². The van der Waals surface area contributed by atoms with Crippen LogP contribution in [0.15, 0.2) is 0 Å². The van der Waals surface area contributed by atoms with Gasteiger partial charge in [-0.3, -0.25) is 15.3 Å². The van der Waals surface area contributed by atoms with Crippen molar-refractivity contribution in [3.63, 3.8) is 0 Å². The average molecular weight is 304 g/mol. The summed E-state index contributed by atoms with van der Waals surface area (Å²) in [6.07, 6.45) is -0.367. The van der Waals surface area contributed by atoms with Crippen molar-refractivity contribution in [1.82, 2.24) is 16.0 Å². The molecule has 0 spiro atoms. The van der Waals surface area contributed by atoms with Crippen molar-refractivity contribution in [1.29, 1.82) is 0 Å². The van der Waals surface area contributed by atoms with Gasteiger partial charge >= 0.3 is 6.09 Å². The molecule has 0 bridgehead atoms. The van der Waals surface area contributed by atoms with Crippen molar-refractivity contribution in [2.45, 2.75) is 26.3 Å². The SMILES string of the molecule is CC(C)CC(NC(=O)CNC(=O)OCN)C(=O)NCCO. The number of hydrogen-bond donors (Lipinski definition) is 5. The highest BCUT2D eigenvalue weighted by Crippen LogP contribution is 2.04. The van der Waals surface area contributed by atoms with Crippen LogP contribution in [0, 0.1) is 5.92 Å². The molecule has 122 valence electrons. The summed E-state index contributed by atoms with van der Waals surface area (Å²) >= 11 is 0. The second-order valence-electron chi connectivity index (χ2n) is 4.72. The second-order valence-corrected chi connectivity index (χ2v) is 4.72. The summed E-state index contributed by atoms with van der Waals surface area (Å²) in [5, 5.41) is 15.9. The Morgan fingerprint density at radius 3 is 2.43 bits per heavy atom. The molecule has 0 saturated heterocycles. The third-order valence-electron chi connectivity index (χ3n) is 2.38. The fourth-order valence-corrected chi connectivity index (χ4v) is 1.53. The summed E-state index contributed by atoms with van der Waals surface area (Å²) < 4.78 is 4.40. The Kier molecular flexibility index (Phi) is 9.90. The first-order valence-electron chi connectivity index (χ1n) is 6.69. The van der Waals surface area contributed by atoms with Crippen LogP contribution < -0.4 is 21.7 Å². The molecule has 9 nitrogen and oxygen atoms in total. The maximum absolute atomic E-state index is 11.8. The standard InChI is InChI=1S/C12H24N4O5/c1-8(2)5-9(11(19)14-3-4-17)16-10(18)6-15-12(20)21-7-13/h8-9,17H,3-7,13H2,1-2H3,(H,14,19)(H,15,20)(H,16,18). The third kappa shape index (κ3) is 9.63. The predicted octanol–water partition coefficient (Wildman–Crippen LogP) is -1.73. The van der Waals surface area contributed by atoms with Crippen molar-refractivity contribution in [3.05, 3.63) is 0 Å². The molecular formula is C12H24N4O5. The summed E-state index contributed by atoms with van der Waals surface area (Å²) in [5.41, 5.74) is 5.00. The molecule has 0 aliphatic rings. The first-order valence-corrected chi connectivity index (χ1v) is 6.69. The van der Waals surface area contributed by atoms with E-state index in [2.05, 4.69) is 20.7 Å². The molecule has 0 heterocycles. The predicted molar refractivity (Wildman–Crippen MR) is 75.0 cm³/mol. The van der Waals surface area contributed by atoms with E-state index in [1.165, 1.54) is 0 Å². The molecule has 9 heteroatoms. The van der Waals surface area contributed by atoms with Crippen molar-refractivity contribution < 1.29 is 24.2 Å². The van der Waals surface area contributed by atoms with Crippen LogP contribution in [0.4, 0.5) is 4.79 Å². The molecule has 21 heavy (non-hydrogen) atoms. The van der Waals surface area contributed by atoms with Gasteiger partial charge < -0.3 is 25.8 Å². The van der Waals surface area contributed by atoms with E-state index in [-0.39, 0.29) is 38.3 Å². The quantitative estimate of drug-likeness (QED) is 0.320. The summed E-state index contributed by atoms with van der Waals surface area (Å²) in [6, 6.07) is -0.726. The van der Waals surface area contributed by atoms with E-state index in [9.17, 15) is 14.4 Å². The Morgan fingerprint density at radius 2 is 1.90 bits per heavy atom. The van der Waals surface area contributed by atoms with Gasteiger partial charge in [-0.1, -0.05) is 13.8 Å². The Hall–Kier alpha value is -1.87. The van der Waals surface area contributed by atoms with Gasteiger partial charge in [0.05, 0.1) is 6.61 Å². The van der Waals surface area contributed by atoms with E-state index in [4.69, 9.17) is 10.8 Å². The lowest BCUT2D eigenvalue weighted by atomic mass is 10.0. The summed E-state index contributed by atoms with van der Waals surface area (Å²) in [7, 11) is 0. The number of carbonyl (C=O) groups excluding carboxylic acids is 3. The highest BCUT2D eigenvalue weighted by Gasteiger charge is 2.21. The molecule has 3 amide bonds. The van der Waals surface area contributed by atoms with E-state index < -0.39 is 18.0 Å². The maximum atomic E-state index is 11.8. The lowest BCUT2D eigenvalue weighted by molar-refractivity contribution is -0.129. The van der Waals surface area contributed by atoms with Crippen molar-refractivity contribution >= 4 is 17.9 Å². The Labute approximate surface area is 123 Å². The molecule has 0 saturated carbocycles. The number of ether oxygens (including phenoxy) is 1. The summed E-state index contributed by atoms with van der Waals surface area (Å²) in [6.45, 7) is 3.16. The molecule has 0 fully saturated rings. The number of aliphatic hydroxyl groups is 1. The Bertz CT molecular complexity index is 349. The van der Waals surface area contributed by atoms with Gasteiger partial charge in [-0.15, -0.1) is 0 Å². The Morgan fingerprint density at radius 1 is 1.24 bits per heavy atom. The molecule has 1 unspecified atom stereocenters. The van der Waals surface area contributed by atoms with Crippen LogP contribution >= 0.6 is 0 Å². The van der Waals surface area contributed by atoms with Crippen LogP contribution in [0.3, 0.4) is 0 Å². The molecular weight excluding hydrogens is 280 g/mol. The van der Waals surface area contributed by atoms with Gasteiger partial charge in [0.15, 0.2) is 0 Å². The molecule has 0 aliphatic heterocycles. The van der Waals surface area contributed by atoms with Crippen LogP contribution in [0.2, 0.25) is 0 Å². The van der Waals surface area contributed by atoms with E-state index in [1.54, 1.807) is 0 Å². The number of nitrogens with one attached hydrogen (secondary N) is 3. The zero-order chi connectivity index (χ0) is 16.3. The fraction of sp³-hybridized carbons (Fsp3) is 0.750. The molecule has 1 atom stereocenters. The number of carbonyl (C=O) groups is 3. The molecule has 0 aromatic rings. The van der Waals surface area contributed by atoms with E-state index in [1.807, 2.05) is 13.8 Å². The smallest absolute Gasteiger partial charge is 0.408 e. The second kappa shape index (κ2) is 10.9. The van der Waals surface area contributed by atoms with Crippen LogP contribution in [0.5, 0.6) is 0 Å². The first kappa shape index (κ1) is 19.1. The fourth-order valence-electron chi connectivity index (χ4n) is 1.53. The van der Waals surface area contributed by atoms with E-state index in [0.717, 1.165) is 0 Å². The number of alkyl carbamates (subject to hydrolysis) is 1. The molecule has 0 aromatic carbocycles. The molecule has 0 aliphatic carbocycles. The third-order valence-corrected chi connectivity index (χ3v) is 2.38. The highest BCUT2D eigenvalue weighted by molar-refractivity contribution is 5.89. The average Bonchev–Trinajstić information content (AvgIpc) is 2.41. The van der Waals surface area contributed by atoms with E-state index >= 15 is 0 Å². The van der Waals surface area contributed by atoms with Crippen molar-refractivity contribution in [2.24, 2.45) is 11.7 Å². The normalized spacial score (nSPS) is 11.7. The van der Waals surface area contributed by atoms with Gasteiger partial charge in [-0.25, -0.2) is 4.79 Å². The van der Waals surface area contributed by atoms with Gasteiger partial charge in [-0.05, 0) is 12.3 Å².